The maximum Gasteiger partial charge on any atom is 0.324 e. The summed E-state index contributed by atoms with van der Waals surface area (Å²) in [6.45, 7) is 27.1. The highest BCUT2D eigenvalue weighted by Crippen LogP contribution is 2.29. The molecule has 0 radical (unpaired) electrons. The molecule has 2 rings (SSSR count). The fourth-order valence-corrected chi connectivity index (χ4v) is 2.90. The van der Waals surface area contributed by atoms with E-state index in [1.807, 2.05) is 0 Å². The molecule has 208 valence electrons. The van der Waals surface area contributed by atoms with Crippen molar-refractivity contribution in [2.75, 3.05) is 0 Å². The number of benzene rings is 2. The van der Waals surface area contributed by atoms with E-state index in [2.05, 4.69) is 132 Å². The summed E-state index contributed by atoms with van der Waals surface area (Å²) in [6, 6.07) is 17.9. The van der Waals surface area contributed by atoms with Crippen molar-refractivity contribution in [3.8, 4) is 0 Å². The summed E-state index contributed by atoms with van der Waals surface area (Å²) in [7, 11) is -5.24. The van der Waals surface area contributed by atoms with Gasteiger partial charge in [-0.15, -0.1) is 0 Å². The monoisotopic (exact) mass is 544 g/mol. The molecule has 0 aliphatic heterocycles. The zero-order valence-electron chi connectivity index (χ0n) is 24.2. The third-order valence-electron chi connectivity index (χ3n) is 5.19. The van der Waals surface area contributed by atoms with Gasteiger partial charge in [0.15, 0.2) is 0 Å². The highest BCUT2D eigenvalue weighted by atomic mass is 31.2. The third kappa shape index (κ3) is 18.3. The van der Waals surface area contributed by atoms with Gasteiger partial charge in [0.1, 0.15) is 0 Å². The SMILES string of the molecule is CC(C)(C)c1cccc(C(C)(C)C)c1.CC(C)(C)c1cccc(C(C)(C)C)c1.OP(O)O.OP(O)O. The van der Waals surface area contributed by atoms with Crippen molar-refractivity contribution in [3.05, 3.63) is 70.8 Å². The minimum atomic E-state index is -2.62. The molecule has 8 heteroatoms. The molecule has 0 spiro atoms. The van der Waals surface area contributed by atoms with E-state index in [4.69, 9.17) is 29.4 Å². The highest BCUT2D eigenvalue weighted by Gasteiger charge is 2.19. The molecule has 0 bridgehead atoms. The first kappa shape index (κ1) is 37.2. The number of hydrogen-bond acceptors (Lipinski definition) is 6. The van der Waals surface area contributed by atoms with Gasteiger partial charge in [0, 0.05) is 0 Å². The van der Waals surface area contributed by atoms with E-state index >= 15 is 0 Å². The number of rotatable bonds is 0. The zero-order chi connectivity index (χ0) is 29.1. The zero-order valence-corrected chi connectivity index (χ0v) is 26.0. The van der Waals surface area contributed by atoms with Crippen LogP contribution in [0.5, 0.6) is 0 Å². The summed E-state index contributed by atoms with van der Waals surface area (Å²) in [6.07, 6.45) is 0. The summed E-state index contributed by atoms with van der Waals surface area (Å²) >= 11 is 0. The first-order chi connectivity index (χ1) is 15.9. The molecule has 6 N–H and O–H groups in total. The van der Waals surface area contributed by atoms with E-state index in [0.29, 0.717) is 0 Å². The van der Waals surface area contributed by atoms with Crippen molar-refractivity contribution in [3.63, 3.8) is 0 Å². The van der Waals surface area contributed by atoms with E-state index in [1.165, 1.54) is 22.3 Å². The average molecular weight is 545 g/mol. The minimum absolute atomic E-state index is 0.251. The molecule has 0 heterocycles. The fraction of sp³-hybridized carbons (Fsp3) is 0.571. The Bertz CT molecular complexity index is 734. The lowest BCUT2D eigenvalue weighted by atomic mass is 9.81. The van der Waals surface area contributed by atoms with Crippen LogP contribution < -0.4 is 0 Å². The molecule has 0 atom stereocenters. The molecule has 0 aliphatic rings. The van der Waals surface area contributed by atoms with Crippen molar-refractivity contribution >= 4 is 17.2 Å². The lowest BCUT2D eigenvalue weighted by molar-refractivity contribution is 0.366. The molecule has 0 amide bonds. The molecular weight excluding hydrogens is 494 g/mol. The van der Waals surface area contributed by atoms with Crippen LogP contribution in [0.1, 0.15) is 105 Å². The van der Waals surface area contributed by atoms with Crippen LogP contribution >= 0.6 is 17.2 Å². The number of hydrogen-bond donors (Lipinski definition) is 6. The van der Waals surface area contributed by atoms with Crippen molar-refractivity contribution in [1.82, 2.24) is 0 Å². The van der Waals surface area contributed by atoms with Crippen molar-refractivity contribution in [2.24, 2.45) is 0 Å². The van der Waals surface area contributed by atoms with Gasteiger partial charge in [-0.1, -0.05) is 132 Å². The predicted octanol–water partition coefficient (Wildman–Crippen LogP) is 6.94. The van der Waals surface area contributed by atoms with Gasteiger partial charge < -0.3 is 29.4 Å². The highest BCUT2D eigenvalue weighted by molar-refractivity contribution is 7.38. The van der Waals surface area contributed by atoms with Crippen LogP contribution in [0.2, 0.25) is 0 Å². The Kier molecular flexibility index (Phi) is 16.0. The van der Waals surface area contributed by atoms with Gasteiger partial charge in [0.2, 0.25) is 0 Å². The quantitative estimate of drug-likeness (QED) is 0.200. The van der Waals surface area contributed by atoms with Gasteiger partial charge in [-0.05, 0) is 43.9 Å². The van der Waals surface area contributed by atoms with Crippen molar-refractivity contribution < 1.29 is 29.4 Å². The summed E-state index contributed by atoms with van der Waals surface area (Å²) < 4.78 is 0. The van der Waals surface area contributed by atoms with Crippen LogP contribution in [0.25, 0.3) is 0 Å². The first-order valence-electron chi connectivity index (χ1n) is 11.8. The third-order valence-corrected chi connectivity index (χ3v) is 5.19. The maximum absolute atomic E-state index is 7.23. The second-order valence-electron chi connectivity index (χ2n) is 12.7. The standard InChI is InChI=1S/2C14H22.2H3O3P/c2*1-13(2,3)11-8-7-9-12(10-11)14(4,5)6;2*1-4(2)3/h2*7-10H,1-6H3;2*1-3H. The van der Waals surface area contributed by atoms with Crippen LogP contribution in [-0.2, 0) is 21.7 Å². The Morgan fingerprint density at radius 1 is 0.389 bits per heavy atom. The Morgan fingerprint density at radius 2 is 0.528 bits per heavy atom. The molecule has 6 nitrogen and oxygen atoms in total. The normalized spacial score (nSPS) is 12.1. The molecule has 0 saturated heterocycles. The van der Waals surface area contributed by atoms with E-state index in [1.54, 1.807) is 0 Å². The van der Waals surface area contributed by atoms with E-state index in [9.17, 15) is 0 Å². The average Bonchev–Trinajstić information content (AvgIpc) is 2.65. The van der Waals surface area contributed by atoms with Gasteiger partial charge in [-0.3, -0.25) is 0 Å². The second-order valence-corrected chi connectivity index (χ2v) is 13.8. The summed E-state index contributed by atoms with van der Waals surface area (Å²) in [5, 5.41) is 0. The van der Waals surface area contributed by atoms with Crippen LogP contribution in [0.15, 0.2) is 48.5 Å². The Morgan fingerprint density at radius 3 is 0.639 bits per heavy atom. The topological polar surface area (TPSA) is 121 Å². The Labute approximate surface area is 222 Å². The largest absolute Gasteiger partial charge is 0.328 e. The molecule has 2 aromatic rings. The molecule has 36 heavy (non-hydrogen) atoms. The van der Waals surface area contributed by atoms with Crippen molar-refractivity contribution in [2.45, 2.75) is 105 Å². The molecule has 0 aliphatic carbocycles. The maximum atomic E-state index is 7.23. The molecule has 0 aromatic heterocycles. The Hall–Kier alpha value is -0.940. The lowest BCUT2D eigenvalue weighted by Gasteiger charge is -2.24. The van der Waals surface area contributed by atoms with Gasteiger partial charge in [0.05, 0.1) is 0 Å². The van der Waals surface area contributed by atoms with Crippen LogP contribution in [0, 0.1) is 0 Å². The fourth-order valence-electron chi connectivity index (χ4n) is 2.90. The molecule has 0 fully saturated rings. The van der Waals surface area contributed by atoms with Gasteiger partial charge in [-0.2, -0.15) is 0 Å². The summed E-state index contributed by atoms with van der Waals surface area (Å²) in [5.41, 5.74) is 6.69. The summed E-state index contributed by atoms with van der Waals surface area (Å²) in [4.78, 5) is 43.4. The second kappa shape index (κ2) is 15.5. The van der Waals surface area contributed by atoms with Crippen molar-refractivity contribution in [1.29, 1.82) is 0 Å². The molecule has 2 aromatic carbocycles. The van der Waals surface area contributed by atoms with Gasteiger partial charge in [0.25, 0.3) is 0 Å². The molecule has 0 saturated carbocycles. The molecular formula is C28H50O6P2. The van der Waals surface area contributed by atoms with Gasteiger partial charge >= 0.3 is 17.2 Å². The van der Waals surface area contributed by atoms with E-state index in [-0.39, 0.29) is 21.7 Å². The summed E-state index contributed by atoms with van der Waals surface area (Å²) in [5.74, 6) is 0. The Balaban J connectivity index is 0. The lowest BCUT2D eigenvalue weighted by Crippen LogP contribution is -2.15. The van der Waals surface area contributed by atoms with Crippen LogP contribution in [-0.4, -0.2) is 29.4 Å². The minimum Gasteiger partial charge on any atom is -0.328 e. The van der Waals surface area contributed by atoms with Gasteiger partial charge in [-0.25, -0.2) is 0 Å². The van der Waals surface area contributed by atoms with Crippen LogP contribution in [0.4, 0.5) is 0 Å². The van der Waals surface area contributed by atoms with E-state index in [0.717, 1.165) is 0 Å². The van der Waals surface area contributed by atoms with Crippen LogP contribution in [0.3, 0.4) is 0 Å². The molecule has 0 unspecified atom stereocenters. The first-order valence-corrected chi connectivity index (χ1v) is 14.2. The van der Waals surface area contributed by atoms with E-state index < -0.39 is 17.2 Å². The predicted molar refractivity (Wildman–Crippen MR) is 155 cm³/mol. The smallest absolute Gasteiger partial charge is 0.324 e.